The lowest BCUT2D eigenvalue weighted by atomic mass is 10.3. The smallest absolute Gasteiger partial charge is 0.228 e. The van der Waals surface area contributed by atoms with Crippen molar-refractivity contribution in [2.75, 3.05) is 5.32 Å². The van der Waals surface area contributed by atoms with Gasteiger partial charge in [0.1, 0.15) is 0 Å². The molecule has 0 aliphatic rings. The highest BCUT2D eigenvalue weighted by Crippen LogP contribution is 2.24. The van der Waals surface area contributed by atoms with Crippen LogP contribution in [0.3, 0.4) is 0 Å². The maximum absolute atomic E-state index is 4.47. The van der Waals surface area contributed by atoms with Crippen molar-refractivity contribution in [3.63, 3.8) is 0 Å². The summed E-state index contributed by atoms with van der Waals surface area (Å²) in [6.07, 6.45) is 4.51. The molecular formula is C10H11IN4S. The number of nitrogens with zero attached hydrogens (tertiary/aromatic N) is 3. The Hall–Kier alpha value is -0.760. The fourth-order valence-corrected chi connectivity index (χ4v) is 2.46. The number of nitrogens with one attached hydrogen (secondary N) is 1. The fourth-order valence-electron chi connectivity index (χ4n) is 1.28. The molecule has 0 amide bonds. The van der Waals surface area contributed by atoms with Gasteiger partial charge in [0.2, 0.25) is 5.95 Å². The molecule has 2 aromatic heterocycles. The number of anilines is 2. The van der Waals surface area contributed by atoms with Crippen LogP contribution >= 0.6 is 33.9 Å². The molecule has 84 valence electrons. The number of thiazole rings is 1. The minimum absolute atomic E-state index is 0.594. The maximum Gasteiger partial charge on any atom is 0.228 e. The Morgan fingerprint density at radius 2 is 2.06 bits per heavy atom. The highest BCUT2D eigenvalue weighted by Gasteiger charge is 2.06. The first-order valence-electron chi connectivity index (χ1n) is 4.90. The van der Waals surface area contributed by atoms with Gasteiger partial charge in [-0.25, -0.2) is 15.0 Å². The zero-order valence-corrected chi connectivity index (χ0v) is 12.0. The molecule has 0 bridgehead atoms. The molecule has 0 fully saturated rings. The number of hydrogen-bond donors (Lipinski definition) is 1. The summed E-state index contributed by atoms with van der Waals surface area (Å²) in [5.74, 6) is 0.594. The van der Waals surface area contributed by atoms with E-state index >= 15 is 0 Å². The number of hydrogen-bond acceptors (Lipinski definition) is 5. The molecule has 0 saturated carbocycles. The van der Waals surface area contributed by atoms with Crippen LogP contribution in [0.1, 0.15) is 17.5 Å². The first kappa shape index (κ1) is 11.7. The van der Waals surface area contributed by atoms with Crippen LogP contribution in [-0.2, 0) is 6.42 Å². The van der Waals surface area contributed by atoms with Gasteiger partial charge < -0.3 is 5.32 Å². The van der Waals surface area contributed by atoms with Gasteiger partial charge in [-0.1, -0.05) is 6.92 Å². The third-order valence-corrected chi connectivity index (χ3v) is 3.55. The molecule has 0 aromatic carbocycles. The Morgan fingerprint density at radius 3 is 2.62 bits per heavy atom. The van der Waals surface area contributed by atoms with Crippen molar-refractivity contribution in [1.29, 1.82) is 0 Å². The molecule has 16 heavy (non-hydrogen) atoms. The van der Waals surface area contributed by atoms with Crippen molar-refractivity contribution >= 4 is 45.0 Å². The second-order valence-corrected chi connectivity index (χ2v) is 5.67. The summed E-state index contributed by atoms with van der Waals surface area (Å²) >= 11 is 3.81. The van der Waals surface area contributed by atoms with E-state index in [9.17, 15) is 0 Å². The zero-order chi connectivity index (χ0) is 11.5. The van der Waals surface area contributed by atoms with E-state index in [2.05, 4.69) is 56.7 Å². The summed E-state index contributed by atoms with van der Waals surface area (Å²) in [7, 11) is 0. The van der Waals surface area contributed by atoms with Crippen molar-refractivity contribution in [2.45, 2.75) is 20.3 Å². The molecule has 0 aliphatic heterocycles. The van der Waals surface area contributed by atoms with Crippen LogP contribution in [0.15, 0.2) is 12.4 Å². The Kier molecular flexibility index (Phi) is 3.70. The minimum Gasteiger partial charge on any atom is -0.300 e. The number of aromatic nitrogens is 3. The van der Waals surface area contributed by atoms with Crippen LogP contribution in [0.2, 0.25) is 0 Å². The molecule has 0 spiro atoms. The first-order chi connectivity index (χ1) is 7.69. The number of aryl methyl sites for hydroxylation is 2. The predicted octanol–water partition coefficient (Wildman–Crippen LogP) is 3.15. The van der Waals surface area contributed by atoms with E-state index in [0.29, 0.717) is 5.95 Å². The highest BCUT2D eigenvalue weighted by molar-refractivity contribution is 14.1. The molecule has 6 heteroatoms. The van der Waals surface area contributed by atoms with Gasteiger partial charge >= 0.3 is 0 Å². The van der Waals surface area contributed by atoms with Gasteiger partial charge in [-0.05, 0) is 35.9 Å². The lowest BCUT2D eigenvalue weighted by Crippen LogP contribution is -1.96. The topological polar surface area (TPSA) is 50.7 Å². The highest BCUT2D eigenvalue weighted by atomic mass is 127. The summed E-state index contributed by atoms with van der Waals surface area (Å²) in [6.45, 7) is 4.18. The summed E-state index contributed by atoms with van der Waals surface area (Å²) in [6, 6.07) is 0. The quantitative estimate of drug-likeness (QED) is 0.868. The fraction of sp³-hybridized carbons (Fsp3) is 0.300. The molecule has 0 unspecified atom stereocenters. The predicted molar refractivity (Wildman–Crippen MR) is 74.3 cm³/mol. The van der Waals surface area contributed by atoms with Gasteiger partial charge in [-0.3, -0.25) is 0 Å². The van der Waals surface area contributed by atoms with Gasteiger partial charge in [0.05, 0.1) is 5.69 Å². The summed E-state index contributed by atoms with van der Waals surface area (Å²) < 4.78 is 1.02. The largest absolute Gasteiger partial charge is 0.300 e. The minimum atomic E-state index is 0.594. The van der Waals surface area contributed by atoms with Crippen molar-refractivity contribution in [1.82, 2.24) is 15.0 Å². The van der Waals surface area contributed by atoms with Crippen LogP contribution in [-0.4, -0.2) is 15.0 Å². The zero-order valence-electron chi connectivity index (χ0n) is 8.99. The Balaban J connectivity index is 2.17. The monoisotopic (exact) mass is 346 g/mol. The third-order valence-electron chi connectivity index (χ3n) is 2.07. The molecule has 0 atom stereocenters. The Labute approximate surface area is 112 Å². The van der Waals surface area contributed by atoms with Gasteiger partial charge in [-0.15, -0.1) is 11.3 Å². The average molecular weight is 346 g/mol. The molecule has 0 aliphatic carbocycles. The second-order valence-electron chi connectivity index (χ2n) is 3.23. The SMILES string of the molecule is CCc1nc(Nc2ncc(I)cn2)sc1C. The van der Waals surface area contributed by atoms with Crippen LogP contribution in [0.5, 0.6) is 0 Å². The molecule has 1 N–H and O–H groups in total. The van der Waals surface area contributed by atoms with E-state index in [-0.39, 0.29) is 0 Å². The standard InChI is InChI=1S/C10H11IN4S/c1-3-8-6(2)16-10(14-8)15-9-12-4-7(11)5-13-9/h4-5H,3H2,1-2H3,(H,12,13,14,15). The normalized spacial score (nSPS) is 10.4. The number of rotatable bonds is 3. The molecule has 2 rings (SSSR count). The Bertz CT molecular complexity index is 480. The lowest BCUT2D eigenvalue weighted by molar-refractivity contribution is 1.04. The van der Waals surface area contributed by atoms with E-state index in [1.807, 2.05) is 0 Å². The molecule has 4 nitrogen and oxygen atoms in total. The summed E-state index contributed by atoms with van der Waals surface area (Å²) in [5, 5.41) is 3.97. The van der Waals surface area contributed by atoms with Crippen molar-refractivity contribution in [3.05, 3.63) is 26.5 Å². The van der Waals surface area contributed by atoms with Crippen molar-refractivity contribution in [3.8, 4) is 0 Å². The van der Waals surface area contributed by atoms with E-state index in [1.165, 1.54) is 4.88 Å². The van der Waals surface area contributed by atoms with Crippen LogP contribution < -0.4 is 5.32 Å². The summed E-state index contributed by atoms with van der Waals surface area (Å²) in [4.78, 5) is 14.1. The third kappa shape index (κ3) is 2.67. The van der Waals surface area contributed by atoms with Crippen LogP contribution in [0.25, 0.3) is 0 Å². The number of halogens is 1. The first-order valence-corrected chi connectivity index (χ1v) is 6.79. The van der Waals surface area contributed by atoms with Gasteiger partial charge in [0.25, 0.3) is 0 Å². The summed E-state index contributed by atoms with van der Waals surface area (Å²) in [5.41, 5.74) is 1.14. The van der Waals surface area contributed by atoms with Crippen molar-refractivity contribution < 1.29 is 0 Å². The van der Waals surface area contributed by atoms with E-state index in [1.54, 1.807) is 23.7 Å². The second kappa shape index (κ2) is 5.05. The lowest BCUT2D eigenvalue weighted by Gasteiger charge is -1.99. The molecule has 2 heterocycles. The van der Waals surface area contributed by atoms with Gasteiger partial charge in [-0.2, -0.15) is 0 Å². The Morgan fingerprint density at radius 1 is 1.38 bits per heavy atom. The molecule has 0 radical (unpaired) electrons. The van der Waals surface area contributed by atoms with Gasteiger partial charge in [0, 0.05) is 20.8 Å². The molecule has 2 aromatic rings. The maximum atomic E-state index is 4.47. The average Bonchev–Trinajstić information content (AvgIpc) is 2.62. The molecular weight excluding hydrogens is 335 g/mol. The van der Waals surface area contributed by atoms with Gasteiger partial charge in [0.15, 0.2) is 5.13 Å². The van der Waals surface area contributed by atoms with Crippen LogP contribution in [0.4, 0.5) is 11.1 Å². The van der Waals surface area contributed by atoms with E-state index in [4.69, 9.17) is 0 Å². The molecule has 0 saturated heterocycles. The van der Waals surface area contributed by atoms with Crippen molar-refractivity contribution in [2.24, 2.45) is 0 Å². The van der Waals surface area contributed by atoms with E-state index in [0.717, 1.165) is 20.8 Å². The van der Waals surface area contributed by atoms with E-state index < -0.39 is 0 Å². The van der Waals surface area contributed by atoms with Crippen LogP contribution in [0, 0.1) is 10.5 Å².